The van der Waals surface area contributed by atoms with Gasteiger partial charge in [0.15, 0.2) is 5.13 Å². The van der Waals surface area contributed by atoms with Crippen molar-refractivity contribution in [3.8, 4) is 5.75 Å². The summed E-state index contributed by atoms with van der Waals surface area (Å²) in [5, 5.41) is 10.8. The molecule has 10 heteroatoms. The van der Waals surface area contributed by atoms with Crippen molar-refractivity contribution in [2.75, 3.05) is 23.5 Å². The molecule has 0 unspecified atom stereocenters. The van der Waals surface area contributed by atoms with Crippen LogP contribution in [0, 0.1) is 6.92 Å². The van der Waals surface area contributed by atoms with Crippen LogP contribution in [0.3, 0.4) is 0 Å². The van der Waals surface area contributed by atoms with Crippen molar-refractivity contribution < 1.29 is 19.1 Å². The highest BCUT2D eigenvalue weighted by molar-refractivity contribution is 8.00. The molecule has 3 N–H and O–H groups in total. The standard InChI is InChI=1S/C29H26N4O4S2/c1-19-17-39-29(30-19)33-26(34)18-38-24-10-6-9-22(16-24)31-28(36)25(15-20-11-13-23(37-2)14-12-20)32-27(35)21-7-4-3-5-8-21/h3-17H,18H2,1-2H3,(H,31,36)(H,32,35)(H,30,33,34)/b25-15+. The summed E-state index contributed by atoms with van der Waals surface area (Å²) in [4.78, 5) is 43.5. The third-order valence-electron chi connectivity index (χ3n) is 5.28. The van der Waals surface area contributed by atoms with Gasteiger partial charge in [0.1, 0.15) is 11.4 Å². The molecule has 0 saturated carbocycles. The highest BCUT2D eigenvalue weighted by Crippen LogP contribution is 2.23. The second-order valence-corrected chi connectivity index (χ2v) is 10.2. The van der Waals surface area contributed by atoms with Gasteiger partial charge in [-0.2, -0.15) is 0 Å². The first-order chi connectivity index (χ1) is 18.9. The van der Waals surface area contributed by atoms with Gasteiger partial charge in [0.2, 0.25) is 5.91 Å². The smallest absolute Gasteiger partial charge is 0.272 e. The fourth-order valence-corrected chi connectivity index (χ4v) is 4.85. The van der Waals surface area contributed by atoms with Crippen LogP contribution in [0.2, 0.25) is 0 Å². The number of nitrogens with one attached hydrogen (secondary N) is 3. The Hall–Kier alpha value is -4.41. The van der Waals surface area contributed by atoms with E-state index in [1.165, 1.54) is 23.1 Å². The topological polar surface area (TPSA) is 109 Å². The van der Waals surface area contributed by atoms with Crippen LogP contribution >= 0.6 is 23.1 Å². The summed E-state index contributed by atoms with van der Waals surface area (Å²) in [6, 6.07) is 22.9. The van der Waals surface area contributed by atoms with Gasteiger partial charge in [0.25, 0.3) is 11.8 Å². The van der Waals surface area contributed by atoms with Crippen molar-refractivity contribution in [1.29, 1.82) is 0 Å². The molecular formula is C29H26N4O4S2. The molecule has 0 spiro atoms. The molecule has 0 atom stereocenters. The van der Waals surface area contributed by atoms with Crippen LogP contribution in [-0.2, 0) is 9.59 Å². The molecule has 0 saturated heterocycles. The van der Waals surface area contributed by atoms with E-state index in [1.54, 1.807) is 79.9 Å². The zero-order chi connectivity index (χ0) is 27.6. The van der Waals surface area contributed by atoms with Gasteiger partial charge >= 0.3 is 0 Å². The third kappa shape index (κ3) is 8.29. The van der Waals surface area contributed by atoms with Crippen LogP contribution in [0.5, 0.6) is 5.75 Å². The molecule has 0 bridgehead atoms. The lowest BCUT2D eigenvalue weighted by molar-refractivity contribution is -0.114. The predicted octanol–water partition coefficient (Wildman–Crippen LogP) is 5.60. The number of amides is 3. The van der Waals surface area contributed by atoms with Crippen LogP contribution in [0.15, 0.2) is 94.8 Å². The van der Waals surface area contributed by atoms with Gasteiger partial charge in [-0.05, 0) is 61.0 Å². The number of hydrogen-bond donors (Lipinski definition) is 3. The molecule has 0 aliphatic rings. The summed E-state index contributed by atoms with van der Waals surface area (Å²) in [6.07, 6.45) is 1.60. The summed E-state index contributed by atoms with van der Waals surface area (Å²) in [5.41, 5.74) is 2.59. The second kappa shape index (κ2) is 13.4. The maximum Gasteiger partial charge on any atom is 0.272 e. The number of ether oxygens (including phenoxy) is 1. The zero-order valence-corrected chi connectivity index (χ0v) is 22.9. The minimum absolute atomic E-state index is 0.0743. The van der Waals surface area contributed by atoms with Crippen LogP contribution in [-0.4, -0.2) is 35.6 Å². The molecule has 0 aliphatic heterocycles. The third-order valence-corrected chi connectivity index (χ3v) is 7.15. The first kappa shape index (κ1) is 27.6. The van der Waals surface area contributed by atoms with Crippen LogP contribution in [0.4, 0.5) is 10.8 Å². The van der Waals surface area contributed by atoms with Gasteiger partial charge in [0.05, 0.1) is 18.6 Å². The average Bonchev–Trinajstić information content (AvgIpc) is 3.36. The van der Waals surface area contributed by atoms with E-state index in [9.17, 15) is 14.4 Å². The quantitative estimate of drug-likeness (QED) is 0.173. The van der Waals surface area contributed by atoms with Crippen molar-refractivity contribution in [3.05, 3.63) is 107 Å². The molecule has 4 aromatic rings. The Balaban J connectivity index is 1.46. The minimum atomic E-state index is -0.492. The lowest BCUT2D eigenvalue weighted by atomic mass is 10.1. The van der Waals surface area contributed by atoms with Crippen LogP contribution < -0.4 is 20.7 Å². The highest BCUT2D eigenvalue weighted by atomic mass is 32.2. The lowest BCUT2D eigenvalue weighted by Crippen LogP contribution is -2.30. The molecule has 0 fully saturated rings. The van der Waals surface area contributed by atoms with Gasteiger partial charge in [-0.1, -0.05) is 36.4 Å². The van der Waals surface area contributed by atoms with Crippen molar-refractivity contribution >= 4 is 57.7 Å². The summed E-state index contributed by atoms with van der Waals surface area (Å²) in [5.74, 6) is -0.204. The normalized spacial score (nSPS) is 11.0. The molecule has 1 heterocycles. The number of aryl methyl sites for hydroxylation is 1. The first-order valence-corrected chi connectivity index (χ1v) is 13.7. The van der Waals surface area contributed by atoms with E-state index in [1.807, 2.05) is 24.4 Å². The van der Waals surface area contributed by atoms with Crippen LogP contribution in [0.25, 0.3) is 6.08 Å². The number of rotatable bonds is 10. The Morgan fingerprint density at radius 2 is 1.74 bits per heavy atom. The van der Waals surface area contributed by atoms with Gasteiger partial charge in [-0.3, -0.25) is 14.4 Å². The Morgan fingerprint density at radius 1 is 0.974 bits per heavy atom. The number of benzene rings is 3. The Labute approximate surface area is 234 Å². The molecule has 0 radical (unpaired) electrons. The summed E-state index contributed by atoms with van der Waals surface area (Å²) < 4.78 is 5.20. The summed E-state index contributed by atoms with van der Waals surface area (Å²) >= 11 is 2.71. The summed E-state index contributed by atoms with van der Waals surface area (Å²) in [7, 11) is 1.57. The van der Waals surface area contributed by atoms with E-state index < -0.39 is 11.8 Å². The maximum atomic E-state index is 13.3. The molecule has 3 aromatic carbocycles. The fraction of sp³-hybridized carbons (Fsp3) is 0.103. The average molecular weight is 559 g/mol. The second-order valence-electron chi connectivity index (χ2n) is 8.26. The van der Waals surface area contributed by atoms with Gasteiger partial charge in [-0.25, -0.2) is 4.98 Å². The van der Waals surface area contributed by atoms with E-state index in [0.29, 0.717) is 27.7 Å². The minimum Gasteiger partial charge on any atom is -0.497 e. The first-order valence-electron chi connectivity index (χ1n) is 11.9. The molecule has 198 valence electrons. The molecular weight excluding hydrogens is 532 g/mol. The predicted molar refractivity (Wildman–Crippen MR) is 156 cm³/mol. The SMILES string of the molecule is COc1ccc(/C=C(/NC(=O)c2ccccc2)C(=O)Nc2cccc(SCC(=O)Nc3nc(C)cs3)c2)cc1. The van der Waals surface area contributed by atoms with E-state index >= 15 is 0 Å². The number of aromatic nitrogens is 1. The monoisotopic (exact) mass is 558 g/mol. The number of methoxy groups -OCH3 is 1. The lowest BCUT2D eigenvalue weighted by Gasteiger charge is -2.12. The van der Waals surface area contributed by atoms with Gasteiger partial charge in [-0.15, -0.1) is 23.1 Å². The van der Waals surface area contributed by atoms with Crippen molar-refractivity contribution in [2.24, 2.45) is 0 Å². The van der Waals surface area contributed by atoms with Crippen molar-refractivity contribution in [2.45, 2.75) is 11.8 Å². The molecule has 4 rings (SSSR count). The largest absolute Gasteiger partial charge is 0.497 e. The number of nitrogens with zero attached hydrogens (tertiary/aromatic N) is 1. The highest BCUT2D eigenvalue weighted by Gasteiger charge is 2.16. The molecule has 3 amide bonds. The summed E-state index contributed by atoms with van der Waals surface area (Å²) in [6.45, 7) is 1.87. The number of thioether (sulfide) groups is 1. The zero-order valence-electron chi connectivity index (χ0n) is 21.3. The Bertz CT molecular complexity index is 1480. The van der Waals surface area contributed by atoms with E-state index in [0.717, 1.165) is 10.6 Å². The van der Waals surface area contributed by atoms with Crippen molar-refractivity contribution in [1.82, 2.24) is 10.3 Å². The number of carbonyl (C=O) groups is 3. The van der Waals surface area contributed by atoms with E-state index in [4.69, 9.17) is 4.74 Å². The van der Waals surface area contributed by atoms with Gasteiger partial charge < -0.3 is 20.7 Å². The van der Waals surface area contributed by atoms with Crippen LogP contribution in [0.1, 0.15) is 21.6 Å². The molecule has 1 aromatic heterocycles. The number of carbonyl (C=O) groups excluding carboxylic acids is 3. The molecule has 39 heavy (non-hydrogen) atoms. The van der Waals surface area contributed by atoms with E-state index in [-0.39, 0.29) is 17.4 Å². The molecule has 0 aliphatic carbocycles. The Morgan fingerprint density at radius 3 is 2.44 bits per heavy atom. The maximum absolute atomic E-state index is 13.3. The van der Waals surface area contributed by atoms with E-state index in [2.05, 4.69) is 20.9 Å². The van der Waals surface area contributed by atoms with Crippen molar-refractivity contribution in [3.63, 3.8) is 0 Å². The number of thiazole rings is 1. The molecule has 8 nitrogen and oxygen atoms in total. The Kier molecular flexibility index (Phi) is 9.49. The number of hydrogen-bond acceptors (Lipinski definition) is 7. The number of anilines is 2. The van der Waals surface area contributed by atoms with Gasteiger partial charge in [0, 0.05) is 21.5 Å². The fourth-order valence-electron chi connectivity index (χ4n) is 3.39.